The lowest BCUT2D eigenvalue weighted by molar-refractivity contribution is -0.132. The minimum absolute atomic E-state index is 0.242. The molecular weight excluding hydrogens is 334 g/mol. The summed E-state index contributed by atoms with van der Waals surface area (Å²) in [6.07, 6.45) is 2.64. The fourth-order valence-electron chi connectivity index (χ4n) is 3.93. The Kier molecular flexibility index (Phi) is 5.85. The zero-order valence-corrected chi connectivity index (χ0v) is 15.9. The summed E-state index contributed by atoms with van der Waals surface area (Å²) in [6.45, 7) is 4.90. The van der Waals surface area contributed by atoms with Crippen LogP contribution < -0.4 is 5.32 Å². The van der Waals surface area contributed by atoms with Crippen molar-refractivity contribution in [3.63, 3.8) is 0 Å². The second kappa shape index (κ2) is 8.68. The molecule has 1 aliphatic carbocycles. The van der Waals surface area contributed by atoms with Gasteiger partial charge in [0, 0.05) is 26.2 Å². The van der Waals surface area contributed by atoms with Crippen LogP contribution in [-0.4, -0.2) is 55.0 Å². The van der Waals surface area contributed by atoms with Crippen molar-refractivity contribution in [2.45, 2.75) is 18.9 Å². The minimum Gasteiger partial charge on any atom is -0.339 e. The predicted octanol–water partition coefficient (Wildman–Crippen LogP) is 2.92. The van der Waals surface area contributed by atoms with Gasteiger partial charge >= 0.3 is 0 Å². The molecule has 4 heteroatoms. The van der Waals surface area contributed by atoms with Gasteiger partial charge in [0.25, 0.3) is 0 Å². The lowest BCUT2D eigenvalue weighted by atomic mass is 9.96. The van der Waals surface area contributed by atoms with Gasteiger partial charge in [-0.2, -0.15) is 0 Å². The van der Waals surface area contributed by atoms with Crippen molar-refractivity contribution in [2.75, 3.05) is 39.3 Å². The summed E-state index contributed by atoms with van der Waals surface area (Å²) in [5, 5.41) is 3.33. The fourth-order valence-corrected chi connectivity index (χ4v) is 3.93. The zero-order valence-electron chi connectivity index (χ0n) is 15.9. The molecule has 4 rings (SSSR count). The number of benzene rings is 2. The van der Waals surface area contributed by atoms with E-state index >= 15 is 0 Å². The smallest absolute Gasteiger partial charge is 0.236 e. The molecule has 0 atom stereocenters. The van der Waals surface area contributed by atoms with E-state index < -0.39 is 0 Å². The van der Waals surface area contributed by atoms with Crippen LogP contribution in [0.2, 0.25) is 0 Å². The maximum Gasteiger partial charge on any atom is 0.236 e. The molecule has 0 spiro atoms. The maximum absolute atomic E-state index is 12.5. The Hall–Kier alpha value is -2.17. The van der Waals surface area contributed by atoms with E-state index in [1.807, 2.05) is 4.90 Å². The monoisotopic (exact) mass is 363 g/mol. The van der Waals surface area contributed by atoms with Crippen molar-refractivity contribution in [2.24, 2.45) is 5.92 Å². The summed E-state index contributed by atoms with van der Waals surface area (Å²) in [5.41, 5.74) is 2.63. The van der Waals surface area contributed by atoms with Crippen LogP contribution in [-0.2, 0) is 4.79 Å². The highest BCUT2D eigenvalue weighted by atomic mass is 16.2. The first-order valence-corrected chi connectivity index (χ1v) is 10.1. The third kappa shape index (κ3) is 4.76. The maximum atomic E-state index is 12.5. The van der Waals surface area contributed by atoms with Crippen LogP contribution in [0.5, 0.6) is 0 Å². The Balaban J connectivity index is 1.39. The number of carbonyl (C=O) groups excluding carboxylic acids is 1. The second-order valence-electron chi connectivity index (χ2n) is 7.71. The van der Waals surface area contributed by atoms with Crippen molar-refractivity contribution in [1.82, 2.24) is 15.1 Å². The quantitative estimate of drug-likeness (QED) is 0.822. The summed E-state index contributed by atoms with van der Waals surface area (Å²) < 4.78 is 0. The van der Waals surface area contributed by atoms with E-state index in [0.717, 1.165) is 38.6 Å². The molecule has 1 amide bonds. The molecule has 2 fully saturated rings. The molecule has 27 heavy (non-hydrogen) atoms. The van der Waals surface area contributed by atoms with E-state index in [-0.39, 0.29) is 11.9 Å². The average molecular weight is 364 g/mol. The van der Waals surface area contributed by atoms with Crippen molar-refractivity contribution in [3.05, 3.63) is 71.8 Å². The number of carbonyl (C=O) groups is 1. The van der Waals surface area contributed by atoms with Crippen molar-refractivity contribution < 1.29 is 4.79 Å². The third-order valence-corrected chi connectivity index (χ3v) is 5.67. The Morgan fingerprint density at radius 2 is 1.44 bits per heavy atom. The first kappa shape index (κ1) is 18.2. The molecule has 1 aliphatic heterocycles. The van der Waals surface area contributed by atoms with Gasteiger partial charge in [-0.25, -0.2) is 0 Å². The van der Waals surface area contributed by atoms with Crippen molar-refractivity contribution in [3.8, 4) is 0 Å². The number of hydrogen-bond donors (Lipinski definition) is 1. The molecule has 0 bridgehead atoms. The highest BCUT2D eigenvalue weighted by Crippen LogP contribution is 2.29. The van der Waals surface area contributed by atoms with Gasteiger partial charge < -0.3 is 10.2 Å². The highest BCUT2D eigenvalue weighted by molar-refractivity contribution is 5.78. The van der Waals surface area contributed by atoms with E-state index in [2.05, 4.69) is 70.9 Å². The normalized spacial score (nSPS) is 18.0. The standard InChI is InChI=1S/C23H29N3O/c27-22(18-24-17-19-11-12-19)25-13-15-26(16-14-25)23(20-7-3-1-4-8-20)21-9-5-2-6-10-21/h1-10,19,23-24H,11-18H2. The van der Waals surface area contributed by atoms with Gasteiger partial charge in [-0.1, -0.05) is 60.7 Å². The Labute approximate surface area is 162 Å². The topological polar surface area (TPSA) is 35.6 Å². The van der Waals surface area contributed by atoms with Gasteiger partial charge in [0.2, 0.25) is 5.91 Å². The Morgan fingerprint density at radius 1 is 0.889 bits per heavy atom. The molecule has 0 radical (unpaired) electrons. The summed E-state index contributed by atoms with van der Waals surface area (Å²) >= 11 is 0. The summed E-state index contributed by atoms with van der Waals surface area (Å²) in [5.74, 6) is 1.05. The van der Waals surface area contributed by atoms with Crippen LogP contribution in [0, 0.1) is 5.92 Å². The number of hydrogen-bond acceptors (Lipinski definition) is 3. The van der Waals surface area contributed by atoms with E-state index in [9.17, 15) is 4.79 Å². The second-order valence-corrected chi connectivity index (χ2v) is 7.71. The van der Waals surface area contributed by atoms with Crippen LogP contribution in [0.4, 0.5) is 0 Å². The average Bonchev–Trinajstić information content (AvgIpc) is 3.55. The van der Waals surface area contributed by atoms with E-state index in [0.29, 0.717) is 6.54 Å². The van der Waals surface area contributed by atoms with Crippen LogP contribution in [0.1, 0.15) is 30.0 Å². The SMILES string of the molecule is O=C(CNCC1CC1)N1CCN(C(c2ccccc2)c2ccccc2)CC1. The summed E-state index contributed by atoms with van der Waals surface area (Å²) in [6, 6.07) is 21.6. The molecule has 0 unspecified atom stereocenters. The molecule has 1 saturated carbocycles. The highest BCUT2D eigenvalue weighted by Gasteiger charge is 2.28. The number of rotatable bonds is 7. The van der Waals surface area contributed by atoms with Gasteiger partial charge in [0.1, 0.15) is 0 Å². The predicted molar refractivity (Wildman–Crippen MR) is 108 cm³/mol. The van der Waals surface area contributed by atoms with Gasteiger partial charge in [-0.3, -0.25) is 9.69 Å². The number of piperazine rings is 1. The fraction of sp³-hybridized carbons (Fsp3) is 0.435. The molecule has 2 aromatic carbocycles. The van der Waals surface area contributed by atoms with Crippen LogP contribution in [0.15, 0.2) is 60.7 Å². The van der Waals surface area contributed by atoms with Gasteiger partial charge in [0.05, 0.1) is 12.6 Å². The number of nitrogens with zero attached hydrogens (tertiary/aromatic N) is 2. The van der Waals surface area contributed by atoms with Crippen molar-refractivity contribution >= 4 is 5.91 Å². The first-order chi connectivity index (χ1) is 13.3. The van der Waals surface area contributed by atoms with Crippen LogP contribution >= 0.6 is 0 Å². The lowest BCUT2D eigenvalue weighted by Crippen LogP contribution is -2.51. The molecule has 2 aromatic rings. The number of nitrogens with one attached hydrogen (secondary N) is 1. The molecule has 1 heterocycles. The van der Waals surface area contributed by atoms with E-state index in [4.69, 9.17) is 0 Å². The van der Waals surface area contributed by atoms with Gasteiger partial charge in [0.15, 0.2) is 0 Å². The lowest BCUT2D eigenvalue weighted by Gasteiger charge is -2.39. The largest absolute Gasteiger partial charge is 0.339 e. The van der Waals surface area contributed by atoms with Crippen molar-refractivity contribution in [1.29, 1.82) is 0 Å². The Morgan fingerprint density at radius 3 is 1.96 bits per heavy atom. The van der Waals surface area contributed by atoms with Gasteiger partial charge in [-0.05, 0) is 36.4 Å². The molecule has 1 saturated heterocycles. The first-order valence-electron chi connectivity index (χ1n) is 10.1. The van der Waals surface area contributed by atoms with Crippen LogP contribution in [0.3, 0.4) is 0 Å². The molecule has 2 aliphatic rings. The molecule has 4 nitrogen and oxygen atoms in total. The molecule has 0 aromatic heterocycles. The Bertz CT molecular complexity index is 682. The zero-order chi connectivity index (χ0) is 18.5. The molecule has 1 N–H and O–H groups in total. The summed E-state index contributed by atoms with van der Waals surface area (Å²) in [4.78, 5) is 17.0. The van der Waals surface area contributed by atoms with E-state index in [1.165, 1.54) is 24.0 Å². The number of amides is 1. The molecular formula is C23H29N3O. The third-order valence-electron chi connectivity index (χ3n) is 5.67. The van der Waals surface area contributed by atoms with Crippen LogP contribution in [0.25, 0.3) is 0 Å². The van der Waals surface area contributed by atoms with E-state index in [1.54, 1.807) is 0 Å². The molecule has 142 valence electrons. The summed E-state index contributed by atoms with van der Waals surface area (Å²) in [7, 11) is 0. The minimum atomic E-state index is 0.242. The van der Waals surface area contributed by atoms with Gasteiger partial charge in [-0.15, -0.1) is 0 Å².